The molecule has 0 amide bonds. The molecular formula is C18H28N2. The third kappa shape index (κ3) is 3.07. The topological polar surface area (TPSA) is 15.3 Å². The van der Waals surface area contributed by atoms with Crippen molar-refractivity contribution in [1.29, 1.82) is 0 Å². The van der Waals surface area contributed by atoms with Crippen LogP contribution in [0.1, 0.15) is 56.2 Å². The van der Waals surface area contributed by atoms with Crippen LogP contribution in [0.25, 0.3) is 0 Å². The Morgan fingerprint density at radius 3 is 2.75 bits per heavy atom. The molecule has 3 rings (SSSR count). The van der Waals surface area contributed by atoms with Crippen molar-refractivity contribution in [2.75, 3.05) is 13.1 Å². The van der Waals surface area contributed by atoms with Crippen LogP contribution in [0.5, 0.6) is 0 Å². The molecule has 2 heteroatoms. The molecule has 2 fully saturated rings. The summed E-state index contributed by atoms with van der Waals surface area (Å²) in [6.45, 7) is 7.09. The maximum atomic E-state index is 3.93. The largest absolute Gasteiger partial charge is 0.307 e. The number of fused-ring (bicyclic) bond motifs is 1. The van der Waals surface area contributed by atoms with E-state index in [1.54, 1.807) is 0 Å². The first-order valence-electron chi connectivity index (χ1n) is 8.33. The van der Waals surface area contributed by atoms with Crippen molar-refractivity contribution in [1.82, 2.24) is 10.2 Å². The number of rotatable bonds is 4. The van der Waals surface area contributed by atoms with Gasteiger partial charge in [-0.05, 0) is 57.7 Å². The maximum absolute atomic E-state index is 3.93. The highest BCUT2D eigenvalue weighted by molar-refractivity contribution is 5.24. The van der Waals surface area contributed by atoms with Crippen molar-refractivity contribution in [2.24, 2.45) is 0 Å². The summed E-state index contributed by atoms with van der Waals surface area (Å²) >= 11 is 0. The van der Waals surface area contributed by atoms with Gasteiger partial charge in [0.05, 0.1) is 0 Å². The van der Waals surface area contributed by atoms with Gasteiger partial charge in [-0.2, -0.15) is 0 Å². The minimum absolute atomic E-state index is 0.522. The van der Waals surface area contributed by atoms with Crippen LogP contribution in [0.3, 0.4) is 0 Å². The van der Waals surface area contributed by atoms with Gasteiger partial charge in [0, 0.05) is 18.1 Å². The lowest BCUT2D eigenvalue weighted by Gasteiger charge is -2.37. The molecule has 2 aliphatic rings. The first kappa shape index (κ1) is 14.1. The second kappa shape index (κ2) is 6.28. The third-order valence-corrected chi connectivity index (χ3v) is 5.15. The zero-order chi connectivity index (χ0) is 13.9. The molecule has 2 saturated heterocycles. The molecule has 0 spiro atoms. The third-order valence-electron chi connectivity index (χ3n) is 5.15. The van der Waals surface area contributed by atoms with E-state index in [2.05, 4.69) is 48.3 Å². The predicted octanol–water partition coefficient (Wildman–Crippen LogP) is 3.66. The zero-order valence-corrected chi connectivity index (χ0v) is 12.9. The van der Waals surface area contributed by atoms with Gasteiger partial charge in [0.25, 0.3) is 0 Å². The van der Waals surface area contributed by atoms with Gasteiger partial charge in [0.15, 0.2) is 0 Å². The van der Waals surface area contributed by atoms with Crippen LogP contribution >= 0.6 is 0 Å². The van der Waals surface area contributed by atoms with E-state index in [4.69, 9.17) is 0 Å². The number of piperidine rings is 1. The molecular weight excluding hydrogens is 244 g/mol. The normalized spacial score (nSPS) is 28.3. The van der Waals surface area contributed by atoms with Crippen molar-refractivity contribution in [3.63, 3.8) is 0 Å². The standard InChI is InChI=1S/C18H28N2/c1-3-18(15-8-6-14(2)7-9-15)19-16-10-12-20-11-4-5-17(20)13-16/h6-9,16-19H,3-5,10-13H2,1-2H3. The molecule has 2 aliphatic heterocycles. The number of aryl methyl sites for hydroxylation is 1. The van der Waals surface area contributed by atoms with Crippen LogP contribution < -0.4 is 5.32 Å². The van der Waals surface area contributed by atoms with E-state index in [0.29, 0.717) is 12.1 Å². The molecule has 2 heterocycles. The van der Waals surface area contributed by atoms with Gasteiger partial charge in [0.2, 0.25) is 0 Å². The van der Waals surface area contributed by atoms with Crippen LogP contribution in [0.15, 0.2) is 24.3 Å². The maximum Gasteiger partial charge on any atom is 0.0320 e. The van der Waals surface area contributed by atoms with E-state index in [9.17, 15) is 0 Å². The lowest BCUT2D eigenvalue weighted by molar-refractivity contribution is 0.160. The molecule has 0 bridgehead atoms. The van der Waals surface area contributed by atoms with E-state index < -0.39 is 0 Å². The molecule has 110 valence electrons. The summed E-state index contributed by atoms with van der Waals surface area (Å²) in [7, 11) is 0. The fourth-order valence-electron chi connectivity index (χ4n) is 3.91. The summed E-state index contributed by atoms with van der Waals surface area (Å²) in [6.07, 6.45) is 6.67. The summed E-state index contributed by atoms with van der Waals surface area (Å²) in [4.78, 5) is 2.70. The van der Waals surface area contributed by atoms with Crippen molar-refractivity contribution >= 4 is 0 Å². The van der Waals surface area contributed by atoms with Gasteiger partial charge in [-0.1, -0.05) is 36.8 Å². The van der Waals surface area contributed by atoms with Crippen LogP contribution in [-0.2, 0) is 0 Å². The molecule has 0 radical (unpaired) electrons. The predicted molar refractivity (Wildman–Crippen MR) is 85.0 cm³/mol. The summed E-state index contributed by atoms with van der Waals surface area (Å²) in [5, 5.41) is 3.93. The van der Waals surface area contributed by atoms with Crippen molar-refractivity contribution in [3.05, 3.63) is 35.4 Å². The van der Waals surface area contributed by atoms with Crippen LogP contribution in [0.2, 0.25) is 0 Å². The smallest absolute Gasteiger partial charge is 0.0320 e. The van der Waals surface area contributed by atoms with Crippen LogP contribution in [0, 0.1) is 6.92 Å². The van der Waals surface area contributed by atoms with E-state index >= 15 is 0 Å². The number of hydrogen-bond acceptors (Lipinski definition) is 2. The Kier molecular flexibility index (Phi) is 4.42. The monoisotopic (exact) mass is 272 g/mol. The van der Waals surface area contributed by atoms with Crippen molar-refractivity contribution in [2.45, 2.75) is 64.1 Å². The van der Waals surface area contributed by atoms with E-state index in [1.165, 1.54) is 56.3 Å². The Hall–Kier alpha value is -0.860. The Morgan fingerprint density at radius 2 is 2.00 bits per heavy atom. The summed E-state index contributed by atoms with van der Waals surface area (Å²) in [6, 6.07) is 11.1. The van der Waals surface area contributed by atoms with Gasteiger partial charge in [-0.15, -0.1) is 0 Å². The van der Waals surface area contributed by atoms with Gasteiger partial charge < -0.3 is 10.2 Å². The number of benzene rings is 1. The fraction of sp³-hybridized carbons (Fsp3) is 0.667. The lowest BCUT2D eigenvalue weighted by Crippen LogP contribution is -2.46. The fourth-order valence-corrected chi connectivity index (χ4v) is 3.91. The first-order chi connectivity index (χ1) is 9.76. The minimum Gasteiger partial charge on any atom is -0.307 e. The second-order valence-corrected chi connectivity index (χ2v) is 6.59. The van der Waals surface area contributed by atoms with Gasteiger partial charge >= 0.3 is 0 Å². The van der Waals surface area contributed by atoms with E-state index in [1.807, 2.05) is 0 Å². The SMILES string of the molecule is CCC(NC1CCN2CCCC2C1)c1ccc(C)cc1. The Balaban J connectivity index is 1.61. The highest BCUT2D eigenvalue weighted by Crippen LogP contribution is 2.28. The highest BCUT2D eigenvalue weighted by Gasteiger charge is 2.32. The van der Waals surface area contributed by atoms with Crippen LogP contribution in [0.4, 0.5) is 0 Å². The number of nitrogens with zero attached hydrogens (tertiary/aromatic N) is 1. The van der Waals surface area contributed by atoms with E-state index in [0.717, 1.165) is 6.04 Å². The summed E-state index contributed by atoms with van der Waals surface area (Å²) < 4.78 is 0. The van der Waals surface area contributed by atoms with Gasteiger partial charge in [-0.3, -0.25) is 0 Å². The average Bonchev–Trinajstić information content (AvgIpc) is 2.93. The quantitative estimate of drug-likeness (QED) is 0.900. The lowest BCUT2D eigenvalue weighted by atomic mass is 9.95. The molecule has 20 heavy (non-hydrogen) atoms. The molecule has 1 aromatic carbocycles. The Labute approximate surface area is 123 Å². The molecule has 0 aliphatic carbocycles. The molecule has 1 N–H and O–H groups in total. The second-order valence-electron chi connectivity index (χ2n) is 6.59. The Morgan fingerprint density at radius 1 is 1.20 bits per heavy atom. The summed E-state index contributed by atoms with van der Waals surface area (Å²) in [5.74, 6) is 0. The molecule has 1 aromatic rings. The van der Waals surface area contributed by atoms with Crippen LogP contribution in [-0.4, -0.2) is 30.1 Å². The van der Waals surface area contributed by atoms with Crippen molar-refractivity contribution < 1.29 is 0 Å². The first-order valence-corrected chi connectivity index (χ1v) is 8.33. The number of nitrogens with one attached hydrogen (secondary N) is 1. The minimum atomic E-state index is 0.522. The zero-order valence-electron chi connectivity index (χ0n) is 12.9. The molecule has 3 unspecified atom stereocenters. The molecule has 0 saturated carbocycles. The van der Waals surface area contributed by atoms with Gasteiger partial charge in [0.1, 0.15) is 0 Å². The van der Waals surface area contributed by atoms with E-state index in [-0.39, 0.29) is 0 Å². The highest BCUT2D eigenvalue weighted by atomic mass is 15.2. The average molecular weight is 272 g/mol. The van der Waals surface area contributed by atoms with Gasteiger partial charge in [-0.25, -0.2) is 0 Å². The molecule has 2 nitrogen and oxygen atoms in total. The molecule has 3 atom stereocenters. The Bertz CT molecular complexity index is 426. The summed E-state index contributed by atoms with van der Waals surface area (Å²) in [5.41, 5.74) is 2.80. The molecule has 0 aromatic heterocycles. The van der Waals surface area contributed by atoms with Crippen molar-refractivity contribution in [3.8, 4) is 0 Å². The number of hydrogen-bond donors (Lipinski definition) is 1.